The van der Waals surface area contributed by atoms with Crippen LogP contribution in [0.2, 0.25) is 0 Å². The number of nitrogens with two attached hydrogens (primary N) is 1. The number of carbonyl (C=O) groups is 3. The van der Waals surface area contributed by atoms with Crippen LogP contribution >= 0.6 is 0 Å². The largest absolute Gasteiger partial charge is 0.493 e. The SMILES string of the molecule is COc1cc2c(cc1OC)C(CC(=O)O)N(C(=O)c1cccc(C(N)=O)c1)CC2. The second-order valence-corrected chi connectivity index (χ2v) is 6.71. The highest BCUT2D eigenvalue weighted by atomic mass is 16.5. The van der Waals surface area contributed by atoms with Gasteiger partial charge in [-0.1, -0.05) is 6.07 Å². The van der Waals surface area contributed by atoms with Crippen LogP contribution in [-0.2, 0) is 11.2 Å². The number of carboxylic acid groups (broad SMARTS) is 1. The molecule has 8 heteroatoms. The minimum Gasteiger partial charge on any atom is -0.493 e. The second-order valence-electron chi connectivity index (χ2n) is 6.71. The number of carboxylic acids is 1. The van der Waals surface area contributed by atoms with Crippen LogP contribution < -0.4 is 15.2 Å². The maximum Gasteiger partial charge on any atom is 0.305 e. The molecule has 1 aliphatic rings. The molecule has 3 rings (SSSR count). The molecule has 0 aliphatic carbocycles. The molecule has 0 saturated carbocycles. The number of primary amides is 1. The summed E-state index contributed by atoms with van der Waals surface area (Å²) < 4.78 is 10.7. The molecule has 1 aliphatic heterocycles. The van der Waals surface area contributed by atoms with Crippen LogP contribution in [0.5, 0.6) is 11.5 Å². The number of methoxy groups -OCH3 is 2. The molecule has 8 nitrogen and oxygen atoms in total. The molecule has 2 aromatic carbocycles. The second kappa shape index (κ2) is 8.22. The van der Waals surface area contributed by atoms with Gasteiger partial charge in [0.2, 0.25) is 5.91 Å². The van der Waals surface area contributed by atoms with E-state index in [0.717, 1.165) is 5.56 Å². The molecule has 3 N–H and O–H groups in total. The smallest absolute Gasteiger partial charge is 0.305 e. The van der Waals surface area contributed by atoms with Crippen molar-refractivity contribution in [3.05, 3.63) is 58.7 Å². The zero-order valence-electron chi connectivity index (χ0n) is 16.2. The Hall–Kier alpha value is -3.55. The van der Waals surface area contributed by atoms with Crippen LogP contribution in [0.3, 0.4) is 0 Å². The monoisotopic (exact) mass is 398 g/mol. The van der Waals surface area contributed by atoms with Crippen molar-refractivity contribution >= 4 is 17.8 Å². The summed E-state index contributed by atoms with van der Waals surface area (Å²) in [6, 6.07) is 8.96. The minimum atomic E-state index is -1.03. The van der Waals surface area contributed by atoms with Crippen LogP contribution in [0.1, 0.15) is 44.3 Å². The van der Waals surface area contributed by atoms with Crippen LogP contribution in [0.25, 0.3) is 0 Å². The van der Waals surface area contributed by atoms with Crippen molar-refractivity contribution in [1.82, 2.24) is 4.90 Å². The highest BCUT2D eigenvalue weighted by molar-refractivity contribution is 5.99. The third-order valence-corrected chi connectivity index (χ3v) is 5.03. The predicted molar refractivity (Wildman–Crippen MR) is 104 cm³/mol. The first-order valence-electron chi connectivity index (χ1n) is 9.03. The Morgan fingerprint density at radius 1 is 1.10 bits per heavy atom. The zero-order valence-corrected chi connectivity index (χ0v) is 16.2. The quantitative estimate of drug-likeness (QED) is 0.768. The molecule has 0 radical (unpaired) electrons. The minimum absolute atomic E-state index is 0.217. The molecular weight excluding hydrogens is 376 g/mol. The van der Waals surface area contributed by atoms with Gasteiger partial charge in [0.1, 0.15) is 0 Å². The van der Waals surface area contributed by atoms with Gasteiger partial charge in [0.25, 0.3) is 5.91 Å². The van der Waals surface area contributed by atoms with E-state index in [0.29, 0.717) is 30.0 Å². The Bertz CT molecular complexity index is 972. The van der Waals surface area contributed by atoms with E-state index in [9.17, 15) is 19.5 Å². The van der Waals surface area contributed by atoms with Gasteiger partial charge in [-0.15, -0.1) is 0 Å². The van der Waals surface area contributed by atoms with Crippen LogP contribution in [0.4, 0.5) is 0 Å². The van der Waals surface area contributed by atoms with Gasteiger partial charge < -0.3 is 25.2 Å². The average Bonchev–Trinajstić information content (AvgIpc) is 2.72. The first kappa shape index (κ1) is 20.2. The van der Waals surface area contributed by atoms with Gasteiger partial charge in [-0.2, -0.15) is 0 Å². The van der Waals surface area contributed by atoms with Gasteiger partial charge in [-0.05, 0) is 47.9 Å². The molecule has 152 valence electrons. The van der Waals surface area contributed by atoms with Crippen molar-refractivity contribution in [1.29, 1.82) is 0 Å². The molecule has 0 aromatic heterocycles. The van der Waals surface area contributed by atoms with Gasteiger partial charge >= 0.3 is 5.97 Å². The number of carbonyl (C=O) groups excluding carboxylic acids is 2. The topological polar surface area (TPSA) is 119 Å². The fraction of sp³-hybridized carbons (Fsp3) is 0.286. The summed E-state index contributed by atoms with van der Waals surface area (Å²) >= 11 is 0. The predicted octanol–water partition coefficient (Wildman–Crippen LogP) is 2.02. The van der Waals surface area contributed by atoms with Gasteiger partial charge in [-0.3, -0.25) is 14.4 Å². The first-order chi connectivity index (χ1) is 13.8. The molecule has 2 amide bonds. The lowest BCUT2D eigenvalue weighted by Gasteiger charge is -2.37. The summed E-state index contributed by atoms with van der Waals surface area (Å²) in [7, 11) is 3.03. The summed E-state index contributed by atoms with van der Waals surface area (Å²) in [5.74, 6) is -1.01. The van der Waals surface area contributed by atoms with Crippen molar-refractivity contribution in [2.75, 3.05) is 20.8 Å². The number of rotatable bonds is 6. The maximum atomic E-state index is 13.2. The van der Waals surface area contributed by atoms with E-state index in [1.54, 1.807) is 18.2 Å². The lowest BCUT2D eigenvalue weighted by atomic mass is 9.89. The number of benzene rings is 2. The molecule has 1 atom stereocenters. The molecule has 2 aromatic rings. The Morgan fingerprint density at radius 2 is 1.76 bits per heavy atom. The average molecular weight is 398 g/mol. The standard InChI is InChI=1S/C21H22N2O6/c1-28-17-9-12-6-7-23(16(11-19(24)25)15(12)10-18(17)29-2)21(27)14-5-3-4-13(8-14)20(22)26/h3-5,8-10,16H,6-7,11H2,1-2H3,(H2,22,26)(H,24,25). The fourth-order valence-corrected chi connectivity index (χ4v) is 3.63. The van der Waals surface area contributed by atoms with E-state index in [2.05, 4.69) is 0 Å². The van der Waals surface area contributed by atoms with Crippen molar-refractivity contribution in [2.45, 2.75) is 18.9 Å². The van der Waals surface area contributed by atoms with Crippen molar-refractivity contribution in [3.8, 4) is 11.5 Å². The molecule has 0 bridgehead atoms. The van der Waals surface area contributed by atoms with Crippen molar-refractivity contribution < 1.29 is 29.0 Å². The lowest BCUT2D eigenvalue weighted by Crippen LogP contribution is -2.41. The van der Waals surface area contributed by atoms with E-state index in [-0.39, 0.29) is 23.5 Å². The van der Waals surface area contributed by atoms with Gasteiger partial charge in [0, 0.05) is 17.7 Å². The molecule has 0 spiro atoms. The van der Waals surface area contributed by atoms with E-state index in [1.165, 1.54) is 31.3 Å². The highest BCUT2D eigenvalue weighted by Crippen LogP contribution is 2.40. The first-order valence-corrected chi connectivity index (χ1v) is 9.03. The van der Waals surface area contributed by atoms with Crippen LogP contribution in [0, 0.1) is 0 Å². The summed E-state index contributed by atoms with van der Waals surface area (Å²) in [4.78, 5) is 37.7. The molecule has 0 fully saturated rings. The van der Waals surface area contributed by atoms with Crippen LogP contribution in [-0.4, -0.2) is 48.6 Å². The molecule has 0 saturated heterocycles. The normalized spacial score (nSPS) is 15.4. The summed E-state index contributed by atoms with van der Waals surface area (Å²) in [5.41, 5.74) is 7.42. The Balaban J connectivity index is 2.04. The number of ether oxygens (including phenoxy) is 2. The van der Waals surface area contributed by atoms with E-state index in [4.69, 9.17) is 15.2 Å². The molecule has 29 heavy (non-hydrogen) atoms. The van der Waals surface area contributed by atoms with E-state index < -0.39 is 17.9 Å². The number of hydrogen-bond donors (Lipinski definition) is 2. The van der Waals surface area contributed by atoms with Gasteiger partial charge in [-0.25, -0.2) is 0 Å². The number of nitrogens with zero attached hydrogens (tertiary/aromatic N) is 1. The number of aliphatic carboxylic acids is 1. The van der Waals surface area contributed by atoms with E-state index in [1.807, 2.05) is 6.07 Å². The molecular formula is C21H22N2O6. The van der Waals surface area contributed by atoms with Gasteiger partial charge in [0.05, 0.1) is 26.7 Å². The number of hydrogen-bond acceptors (Lipinski definition) is 5. The number of amides is 2. The third-order valence-electron chi connectivity index (χ3n) is 5.03. The van der Waals surface area contributed by atoms with E-state index >= 15 is 0 Å². The summed E-state index contributed by atoms with van der Waals surface area (Å²) in [6.07, 6.45) is 0.275. The molecule has 1 heterocycles. The summed E-state index contributed by atoms with van der Waals surface area (Å²) in [6.45, 7) is 0.333. The van der Waals surface area contributed by atoms with Crippen molar-refractivity contribution in [2.24, 2.45) is 5.73 Å². The van der Waals surface area contributed by atoms with Crippen LogP contribution in [0.15, 0.2) is 36.4 Å². The Kier molecular flexibility index (Phi) is 5.72. The lowest BCUT2D eigenvalue weighted by molar-refractivity contribution is -0.138. The number of fused-ring (bicyclic) bond motifs is 1. The summed E-state index contributed by atoms with van der Waals surface area (Å²) in [5, 5.41) is 9.45. The van der Waals surface area contributed by atoms with Gasteiger partial charge in [0.15, 0.2) is 11.5 Å². The zero-order chi connectivity index (χ0) is 21.1. The molecule has 1 unspecified atom stereocenters. The Labute approximate surface area is 167 Å². The third kappa shape index (κ3) is 4.01. The Morgan fingerprint density at radius 3 is 2.38 bits per heavy atom. The maximum absolute atomic E-state index is 13.2. The highest BCUT2D eigenvalue weighted by Gasteiger charge is 2.34. The fourth-order valence-electron chi connectivity index (χ4n) is 3.63. The van der Waals surface area contributed by atoms with Crippen molar-refractivity contribution in [3.63, 3.8) is 0 Å².